The number of amides is 1. The van der Waals surface area contributed by atoms with Gasteiger partial charge in [0, 0.05) is 13.0 Å². The molecule has 1 amide bonds. The van der Waals surface area contributed by atoms with Crippen LogP contribution in [0.4, 0.5) is 4.79 Å². The van der Waals surface area contributed by atoms with Crippen LogP contribution >= 0.6 is 15.9 Å². The summed E-state index contributed by atoms with van der Waals surface area (Å²) in [5, 5.41) is 0. The van der Waals surface area contributed by atoms with Gasteiger partial charge >= 0.3 is 6.09 Å². The molecule has 0 saturated carbocycles. The number of Topliss-reactive ketones (excluding diaryl/α,β-unsaturated/α-hetero) is 1. The molecule has 0 aromatic heterocycles. The Balaban J connectivity index is 2.03. The summed E-state index contributed by atoms with van der Waals surface area (Å²) < 4.78 is 5.88. The number of nitrogens with zero attached hydrogens (tertiary/aromatic N) is 1. The molecule has 1 heterocycles. The van der Waals surface area contributed by atoms with Crippen LogP contribution in [-0.4, -0.2) is 29.9 Å². The quantitative estimate of drug-likeness (QED) is 0.794. The summed E-state index contributed by atoms with van der Waals surface area (Å²) in [5.41, 5.74) is 0. The van der Waals surface area contributed by atoms with Crippen LogP contribution < -0.4 is 4.74 Å². The van der Waals surface area contributed by atoms with E-state index in [1.807, 2.05) is 6.07 Å². The maximum absolute atomic E-state index is 11.6. The summed E-state index contributed by atoms with van der Waals surface area (Å²) in [5.74, 6) is 0.538. The predicted octanol–water partition coefficient (Wildman–Crippen LogP) is 2.22. The molecular formula is C11H10BrNO3. The first-order chi connectivity index (χ1) is 7.66. The third-order valence-electron chi connectivity index (χ3n) is 2.32. The van der Waals surface area contributed by atoms with E-state index < -0.39 is 6.09 Å². The van der Waals surface area contributed by atoms with Crippen molar-refractivity contribution in [3.05, 3.63) is 28.7 Å². The Kier molecular flexibility index (Phi) is 3.24. The number of likely N-dealkylation sites (tertiary alicyclic amines) is 1. The monoisotopic (exact) mass is 283 g/mol. The molecule has 0 unspecified atom stereocenters. The molecule has 1 aromatic carbocycles. The van der Waals surface area contributed by atoms with Crippen molar-refractivity contribution in [1.82, 2.24) is 4.90 Å². The van der Waals surface area contributed by atoms with Gasteiger partial charge in [-0.25, -0.2) is 4.79 Å². The Hall–Kier alpha value is -1.36. The van der Waals surface area contributed by atoms with E-state index in [1.165, 1.54) is 4.90 Å². The van der Waals surface area contributed by atoms with Crippen LogP contribution in [0.25, 0.3) is 0 Å². The van der Waals surface area contributed by atoms with Crippen molar-refractivity contribution in [1.29, 1.82) is 0 Å². The van der Waals surface area contributed by atoms with E-state index in [2.05, 4.69) is 15.9 Å². The summed E-state index contributed by atoms with van der Waals surface area (Å²) in [7, 11) is 0. The van der Waals surface area contributed by atoms with E-state index in [1.54, 1.807) is 18.2 Å². The highest BCUT2D eigenvalue weighted by atomic mass is 79.9. The number of para-hydroxylation sites is 1. The van der Waals surface area contributed by atoms with Crippen molar-refractivity contribution < 1.29 is 14.3 Å². The fourth-order valence-electron chi connectivity index (χ4n) is 1.47. The number of halogens is 1. The van der Waals surface area contributed by atoms with E-state index in [9.17, 15) is 9.59 Å². The van der Waals surface area contributed by atoms with Crippen LogP contribution in [0.5, 0.6) is 5.75 Å². The molecule has 1 fully saturated rings. The highest BCUT2D eigenvalue weighted by molar-refractivity contribution is 9.10. The maximum atomic E-state index is 11.6. The first kappa shape index (κ1) is 11.1. The van der Waals surface area contributed by atoms with Crippen LogP contribution in [0.3, 0.4) is 0 Å². The van der Waals surface area contributed by atoms with E-state index in [0.717, 1.165) is 0 Å². The largest absolute Gasteiger partial charge is 0.415 e. The number of rotatable bonds is 1. The molecule has 0 N–H and O–H groups in total. The molecular weight excluding hydrogens is 274 g/mol. The Bertz CT molecular complexity index is 433. The van der Waals surface area contributed by atoms with Gasteiger partial charge in [-0.3, -0.25) is 4.79 Å². The van der Waals surface area contributed by atoms with Crippen LogP contribution in [0.15, 0.2) is 28.7 Å². The summed E-state index contributed by atoms with van der Waals surface area (Å²) in [6, 6.07) is 7.10. The van der Waals surface area contributed by atoms with Crippen LogP contribution in [0, 0.1) is 0 Å². The lowest BCUT2D eigenvalue weighted by Gasteiger charge is -2.14. The van der Waals surface area contributed by atoms with E-state index in [-0.39, 0.29) is 12.3 Å². The van der Waals surface area contributed by atoms with Crippen LogP contribution in [0.2, 0.25) is 0 Å². The molecule has 0 atom stereocenters. The number of benzene rings is 1. The molecule has 1 saturated heterocycles. The Morgan fingerprint density at radius 2 is 2.12 bits per heavy atom. The topological polar surface area (TPSA) is 46.6 Å². The lowest BCUT2D eigenvalue weighted by molar-refractivity contribution is -0.116. The van der Waals surface area contributed by atoms with E-state index in [4.69, 9.17) is 4.74 Å². The normalized spacial score (nSPS) is 15.3. The average molecular weight is 284 g/mol. The molecule has 1 aliphatic rings. The third-order valence-corrected chi connectivity index (χ3v) is 2.98. The van der Waals surface area contributed by atoms with Gasteiger partial charge in [-0.1, -0.05) is 12.1 Å². The van der Waals surface area contributed by atoms with Crippen LogP contribution in [0.1, 0.15) is 6.42 Å². The van der Waals surface area contributed by atoms with Crippen LogP contribution in [-0.2, 0) is 4.79 Å². The molecule has 4 nitrogen and oxygen atoms in total. The smallest absolute Gasteiger partial charge is 0.409 e. The number of ether oxygens (including phenoxy) is 1. The first-order valence-electron chi connectivity index (χ1n) is 4.90. The van der Waals surface area contributed by atoms with Crippen molar-refractivity contribution in [2.45, 2.75) is 6.42 Å². The molecule has 1 aromatic rings. The van der Waals surface area contributed by atoms with Crippen molar-refractivity contribution in [3.8, 4) is 5.75 Å². The van der Waals surface area contributed by atoms with Crippen molar-refractivity contribution >= 4 is 27.8 Å². The number of ketones is 1. The third kappa shape index (κ3) is 2.41. The molecule has 0 bridgehead atoms. The summed E-state index contributed by atoms with van der Waals surface area (Å²) >= 11 is 3.28. The van der Waals surface area contributed by atoms with E-state index in [0.29, 0.717) is 23.2 Å². The van der Waals surface area contributed by atoms with Gasteiger partial charge in [-0.2, -0.15) is 0 Å². The van der Waals surface area contributed by atoms with Gasteiger partial charge in [0.1, 0.15) is 5.75 Å². The molecule has 0 spiro atoms. The lowest BCUT2D eigenvalue weighted by Crippen LogP contribution is -2.31. The van der Waals surface area contributed by atoms with Gasteiger partial charge in [0.2, 0.25) is 0 Å². The zero-order valence-corrected chi connectivity index (χ0v) is 10.1. The molecule has 0 radical (unpaired) electrons. The van der Waals surface area contributed by atoms with Gasteiger partial charge in [-0.15, -0.1) is 0 Å². The Labute approximate surface area is 101 Å². The minimum Gasteiger partial charge on any atom is -0.409 e. The molecule has 0 aliphatic carbocycles. The number of carbonyl (C=O) groups is 2. The van der Waals surface area contributed by atoms with Gasteiger partial charge < -0.3 is 9.64 Å². The zero-order valence-electron chi connectivity index (χ0n) is 8.48. The second-order valence-electron chi connectivity index (χ2n) is 3.51. The molecule has 5 heteroatoms. The van der Waals surface area contributed by atoms with Crippen molar-refractivity contribution in [2.24, 2.45) is 0 Å². The molecule has 16 heavy (non-hydrogen) atoms. The summed E-state index contributed by atoms with van der Waals surface area (Å²) in [6.07, 6.45) is -0.0526. The fraction of sp³-hybridized carbons (Fsp3) is 0.273. The predicted molar refractivity (Wildman–Crippen MR) is 61.4 cm³/mol. The number of hydrogen-bond donors (Lipinski definition) is 0. The number of carbonyl (C=O) groups excluding carboxylic acids is 2. The Morgan fingerprint density at radius 1 is 1.38 bits per heavy atom. The SMILES string of the molecule is O=C1CCN(C(=O)Oc2ccccc2Br)C1. The minimum absolute atomic E-state index is 0.0732. The second kappa shape index (κ2) is 4.65. The zero-order chi connectivity index (χ0) is 11.5. The van der Waals surface area contributed by atoms with E-state index >= 15 is 0 Å². The lowest BCUT2D eigenvalue weighted by atomic mass is 10.3. The highest BCUT2D eigenvalue weighted by Crippen LogP contribution is 2.24. The van der Waals surface area contributed by atoms with Crippen molar-refractivity contribution in [3.63, 3.8) is 0 Å². The second-order valence-corrected chi connectivity index (χ2v) is 4.36. The summed E-state index contributed by atoms with van der Waals surface area (Å²) in [6.45, 7) is 0.603. The van der Waals surface area contributed by atoms with Gasteiger partial charge in [0.05, 0.1) is 11.0 Å². The minimum atomic E-state index is -0.474. The molecule has 1 aliphatic heterocycles. The summed E-state index contributed by atoms with van der Waals surface area (Å²) in [4.78, 5) is 24.1. The maximum Gasteiger partial charge on any atom is 0.415 e. The molecule has 2 rings (SSSR count). The fourth-order valence-corrected chi connectivity index (χ4v) is 1.84. The average Bonchev–Trinajstić information content (AvgIpc) is 2.68. The van der Waals surface area contributed by atoms with Gasteiger partial charge in [0.15, 0.2) is 5.78 Å². The number of hydrogen-bond acceptors (Lipinski definition) is 3. The first-order valence-corrected chi connectivity index (χ1v) is 5.69. The van der Waals surface area contributed by atoms with Crippen molar-refractivity contribution in [2.75, 3.05) is 13.1 Å². The van der Waals surface area contributed by atoms with Gasteiger partial charge in [-0.05, 0) is 28.1 Å². The highest BCUT2D eigenvalue weighted by Gasteiger charge is 2.25. The molecule has 84 valence electrons. The Morgan fingerprint density at radius 3 is 2.75 bits per heavy atom. The van der Waals surface area contributed by atoms with Gasteiger partial charge in [0.25, 0.3) is 0 Å². The standard InChI is InChI=1S/C11H10BrNO3/c12-9-3-1-2-4-10(9)16-11(15)13-6-5-8(14)7-13/h1-4H,5-7H2.